The molecule has 2 rings (SSSR count). The maximum Gasteiger partial charge on any atom is 0.191 e. The van der Waals surface area contributed by atoms with Crippen LogP contribution in [0.15, 0.2) is 29.3 Å². The lowest BCUT2D eigenvalue weighted by Crippen LogP contribution is -2.42. The fourth-order valence-corrected chi connectivity index (χ4v) is 3.26. The molecule has 0 aromatic heterocycles. The van der Waals surface area contributed by atoms with Gasteiger partial charge in [0.05, 0.1) is 6.54 Å². The molecular weight excluding hydrogens is 465 g/mol. The van der Waals surface area contributed by atoms with Gasteiger partial charge in [0.25, 0.3) is 0 Å². The summed E-state index contributed by atoms with van der Waals surface area (Å²) in [6, 6.07) is 8.15. The summed E-state index contributed by atoms with van der Waals surface area (Å²) in [4.78, 5) is 9.30. The average molecular weight is 503 g/mol. The van der Waals surface area contributed by atoms with E-state index >= 15 is 0 Å². The fraction of sp³-hybridized carbons (Fsp3) is 0.667. The van der Waals surface area contributed by atoms with Crippen LogP contribution in [0.25, 0.3) is 0 Å². The van der Waals surface area contributed by atoms with Gasteiger partial charge in [-0.15, -0.1) is 24.0 Å². The van der Waals surface area contributed by atoms with Crippen LogP contribution in [0.1, 0.15) is 25.3 Å². The number of likely N-dealkylation sites (N-methyl/N-ethyl adjacent to an activating group) is 1. The highest BCUT2D eigenvalue weighted by Gasteiger charge is 2.11. The largest absolute Gasteiger partial charge is 0.489 e. The zero-order chi connectivity index (χ0) is 19.5. The minimum atomic E-state index is 0. The summed E-state index contributed by atoms with van der Waals surface area (Å²) in [5.74, 6) is 1.75. The van der Waals surface area contributed by atoms with E-state index in [1.54, 1.807) is 0 Å². The van der Waals surface area contributed by atoms with Crippen LogP contribution in [0.5, 0.6) is 5.75 Å². The summed E-state index contributed by atoms with van der Waals surface area (Å²) in [6.45, 7) is 11.7. The molecule has 0 spiro atoms. The molecule has 7 heteroatoms. The highest BCUT2D eigenvalue weighted by atomic mass is 127. The van der Waals surface area contributed by atoms with Gasteiger partial charge < -0.3 is 25.2 Å². The fourth-order valence-electron chi connectivity index (χ4n) is 3.26. The zero-order valence-electron chi connectivity index (χ0n) is 17.9. The molecule has 1 fully saturated rings. The average Bonchev–Trinajstić information content (AvgIpc) is 2.85. The van der Waals surface area contributed by atoms with E-state index in [1.165, 1.54) is 38.2 Å². The van der Waals surface area contributed by atoms with Crippen LogP contribution in [0.4, 0.5) is 0 Å². The van der Waals surface area contributed by atoms with Gasteiger partial charge in [-0.1, -0.05) is 12.1 Å². The van der Waals surface area contributed by atoms with E-state index in [4.69, 9.17) is 4.74 Å². The minimum absolute atomic E-state index is 0. The van der Waals surface area contributed by atoms with E-state index in [2.05, 4.69) is 58.5 Å². The summed E-state index contributed by atoms with van der Waals surface area (Å²) >= 11 is 0. The summed E-state index contributed by atoms with van der Waals surface area (Å²) < 4.78 is 5.96. The van der Waals surface area contributed by atoms with Gasteiger partial charge in [0.2, 0.25) is 0 Å². The molecule has 28 heavy (non-hydrogen) atoms. The first-order valence-electron chi connectivity index (χ1n) is 10.2. The first-order chi connectivity index (χ1) is 13.1. The van der Waals surface area contributed by atoms with Gasteiger partial charge in [-0.25, -0.2) is 0 Å². The van der Waals surface area contributed by atoms with Gasteiger partial charge in [0.15, 0.2) is 5.96 Å². The van der Waals surface area contributed by atoms with Crippen LogP contribution in [0, 0.1) is 6.92 Å². The highest BCUT2D eigenvalue weighted by Crippen LogP contribution is 2.13. The number of hydrogen-bond donors (Lipinski definition) is 2. The van der Waals surface area contributed by atoms with E-state index in [9.17, 15) is 0 Å². The van der Waals surface area contributed by atoms with Crippen molar-refractivity contribution in [2.45, 2.75) is 32.8 Å². The Morgan fingerprint density at radius 2 is 2.04 bits per heavy atom. The Labute approximate surface area is 188 Å². The molecule has 1 heterocycles. The van der Waals surface area contributed by atoms with E-state index < -0.39 is 0 Å². The molecule has 0 radical (unpaired) electrons. The number of halogens is 1. The Kier molecular flexibility index (Phi) is 12.5. The third kappa shape index (κ3) is 9.93. The molecule has 1 aliphatic rings. The third-order valence-corrected chi connectivity index (χ3v) is 4.86. The van der Waals surface area contributed by atoms with Gasteiger partial charge in [-0.05, 0) is 71.1 Å². The number of aliphatic imine (C=N–C) groups is 1. The van der Waals surface area contributed by atoms with Crippen LogP contribution in [0.3, 0.4) is 0 Å². The summed E-state index contributed by atoms with van der Waals surface area (Å²) in [6.07, 6.45) is 2.46. The van der Waals surface area contributed by atoms with Gasteiger partial charge in [-0.2, -0.15) is 0 Å². The number of nitrogens with one attached hydrogen (secondary N) is 2. The van der Waals surface area contributed by atoms with Crippen molar-refractivity contribution in [1.82, 2.24) is 20.4 Å². The van der Waals surface area contributed by atoms with Gasteiger partial charge in [-0.3, -0.25) is 4.99 Å². The van der Waals surface area contributed by atoms with Crippen molar-refractivity contribution in [3.05, 3.63) is 29.8 Å². The Bertz CT molecular complexity index is 584. The third-order valence-electron chi connectivity index (χ3n) is 4.86. The molecule has 1 atom stereocenters. The SMILES string of the molecule is CN=C(NCCCN1CCCN(C)CC1)NCC(C)Oc1cccc(C)c1.I. The number of rotatable bonds is 8. The van der Waals surface area contributed by atoms with Crippen LogP contribution in [-0.2, 0) is 0 Å². The lowest BCUT2D eigenvalue weighted by molar-refractivity contribution is 0.223. The summed E-state index contributed by atoms with van der Waals surface area (Å²) in [5.41, 5.74) is 1.21. The second kappa shape index (κ2) is 14.0. The molecule has 0 bridgehead atoms. The van der Waals surface area contributed by atoms with Crippen molar-refractivity contribution in [2.24, 2.45) is 4.99 Å². The van der Waals surface area contributed by atoms with Crippen molar-refractivity contribution >= 4 is 29.9 Å². The number of ether oxygens (including phenoxy) is 1. The van der Waals surface area contributed by atoms with Gasteiger partial charge in [0, 0.05) is 26.7 Å². The lowest BCUT2D eigenvalue weighted by Gasteiger charge is -2.21. The number of hydrogen-bond acceptors (Lipinski definition) is 4. The Morgan fingerprint density at radius 3 is 2.79 bits per heavy atom. The summed E-state index contributed by atoms with van der Waals surface area (Å²) in [7, 11) is 4.02. The second-order valence-corrected chi connectivity index (χ2v) is 7.48. The van der Waals surface area contributed by atoms with E-state index in [1.807, 2.05) is 19.2 Å². The van der Waals surface area contributed by atoms with Crippen LogP contribution in [0.2, 0.25) is 0 Å². The molecule has 1 saturated heterocycles. The van der Waals surface area contributed by atoms with E-state index in [0.717, 1.165) is 31.2 Å². The predicted octanol–water partition coefficient (Wildman–Crippen LogP) is 2.57. The monoisotopic (exact) mass is 503 g/mol. The van der Waals surface area contributed by atoms with Crippen molar-refractivity contribution < 1.29 is 4.74 Å². The first kappa shape index (κ1) is 25.0. The molecule has 0 saturated carbocycles. The Balaban J connectivity index is 0.00000392. The van der Waals surface area contributed by atoms with Crippen molar-refractivity contribution in [3.8, 4) is 5.75 Å². The number of aryl methyl sites for hydroxylation is 1. The van der Waals surface area contributed by atoms with Gasteiger partial charge in [0.1, 0.15) is 11.9 Å². The van der Waals surface area contributed by atoms with Gasteiger partial charge >= 0.3 is 0 Å². The Morgan fingerprint density at radius 1 is 1.21 bits per heavy atom. The second-order valence-electron chi connectivity index (χ2n) is 7.48. The van der Waals surface area contributed by atoms with Crippen molar-refractivity contribution in [3.63, 3.8) is 0 Å². The van der Waals surface area contributed by atoms with Crippen molar-refractivity contribution in [2.75, 3.05) is 59.9 Å². The zero-order valence-corrected chi connectivity index (χ0v) is 20.2. The molecular formula is C21H38IN5O. The number of nitrogens with zero attached hydrogens (tertiary/aromatic N) is 3. The molecule has 0 amide bonds. The molecule has 2 N–H and O–H groups in total. The standard InChI is InChI=1S/C21H37N5O.HI/c1-18-8-5-9-20(16-18)27-19(2)17-24-21(22-3)23-10-6-12-26-13-7-11-25(4)14-15-26;/h5,8-9,16,19H,6-7,10-15,17H2,1-4H3,(H2,22,23,24);1H. The molecule has 0 aliphatic carbocycles. The minimum Gasteiger partial charge on any atom is -0.489 e. The summed E-state index contributed by atoms with van der Waals surface area (Å²) in [5, 5.41) is 6.76. The smallest absolute Gasteiger partial charge is 0.191 e. The maximum atomic E-state index is 5.96. The lowest BCUT2D eigenvalue weighted by atomic mass is 10.2. The highest BCUT2D eigenvalue weighted by molar-refractivity contribution is 14.0. The normalized spacial score (nSPS) is 17.4. The molecule has 1 aliphatic heterocycles. The predicted molar refractivity (Wildman–Crippen MR) is 129 cm³/mol. The quantitative estimate of drug-likeness (QED) is 0.247. The molecule has 1 aromatic carbocycles. The number of guanidine groups is 1. The Hall–Kier alpha value is -1.06. The molecule has 1 aromatic rings. The molecule has 1 unspecified atom stereocenters. The van der Waals surface area contributed by atoms with Crippen molar-refractivity contribution in [1.29, 1.82) is 0 Å². The van der Waals surface area contributed by atoms with Crippen LogP contribution in [-0.4, -0.2) is 81.8 Å². The topological polar surface area (TPSA) is 52.1 Å². The number of benzene rings is 1. The maximum absolute atomic E-state index is 5.96. The van der Waals surface area contributed by atoms with E-state index in [-0.39, 0.29) is 30.1 Å². The van der Waals surface area contributed by atoms with Crippen LogP contribution < -0.4 is 15.4 Å². The molecule has 160 valence electrons. The van der Waals surface area contributed by atoms with E-state index in [0.29, 0.717) is 6.54 Å². The van der Waals surface area contributed by atoms with Crippen LogP contribution >= 0.6 is 24.0 Å². The first-order valence-corrected chi connectivity index (χ1v) is 10.2. The molecule has 6 nitrogen and oxygen atoms in total.